The van der Waals surface area contributed by atoms with Crippen molar-refractivity contribution in [2.75, 3.05) is 12.4 Å². The summed E-state index contributed by atoms with van der Waals surface area (Å²) in [6, 6.07) is 19.2. The van der Waals surface area contributed by atoms with E-state index in [0.717, 1.165) is 12.8 Å². The zero-order valence-electron chi connectivity index (χ0n) is 17.3. The van der Waals surface area contributed by atoms with E-state index in [1.54, 1.807) is 43.4 Å². The number of ketones is 1. The Bertz CT molecular complexity index is 1270. The van der Waals surface area contributed by atoms with E-state index in [2.05, 4.69) is 5.32 Å². The topological polar surface area (TPSA) is 83.6 Å². The van der Waals surface area contributed by atoms with Crippen LogP contribution in [-0.2, 0) is 10.0 Å². The van der Waals surface area contributed by atoms with Crippen molar-refractivity contribution in [2.24, 2.45) is 0 Å². The number of nitrogens with one attached hydrogen (secondary N) is 1. The summed E-state index contributed by atoms with van der Waals surface area (Å²) in [6.45, 7) is 0. The van der Waals surface area contributed by atoms with Gasteiger partial charge in [0.25, 0.3) is 5.91 Å². The van der Waals surface area contributed by atoms with E-state index < -0.39 is 15.9 Å². The normalized spacial score (nSPS) is 13.7. The molecule has 4 rings (SSSR count). The maximum atomic E-state index is 12.9. The maximum Gasteiger partial charge on any atom is 0.255 e. The summed E-state index contributed by atoms with van der Waals surface area (Å²) in [5, 5.41) is 3.11. The second kappa shape index (κ2) is 8.86. The Morgan fingerprint density at radius 2 is 1.59 bits per heavy atom. The molecule has 0 aromatic heterocycles. The van der Waals surface area contributed by atoms with Gasteiger partial charge in [0.05, 0.1) is 10.6 Å². The Morgan fingerprint density at radius 3 is 2.22 bits per heavy atom. The van der Waals surface area contributed by atoms with Crippen LogP contribution in [0.4, 0.5) is 5.69 Å². The number of carbonyl (C=O) groups excluding carboxylic acids is 2. The smallest absolute Gasteiger partial charge is 0.255 e. The van der Waals surface area contributed by atoms with Crippen LogP contribution in [0.1, 0.15) is 39.1 Å². The van der Waals surface area contributed by atoms with E-state index in [1.165, 1.54) is 34.6 Å². The van der Waals surface area contributed by atoms with E-state index in [1.807, 2.05) is 6.07 Å². The van der Waals surface area contributed by atoms with Crippen LogP contribution in [0.15, 0.2) is 77.7 Å². The second-order valence-electron chi connectivity index (χ2n) is 7.62. The summed E-state index contributed by atoms with van der Waals surface area (Å²) in [4.78, 5) is 25.9. The highest BCUT2D eigenvalue weighted by Gasteiger charge is 2.35. The zero-order valence-corrected chi connectivity index (χ0v) is 18.9. The highest BCUT2D eigenvalue weighted by Crippen LogP contribution is 2.30. The van der Waals surface area contributed by atoms with Crippen LogP contribution in [-0.4, -0.2) is 37.5 Å². The summed E-state index contributed by atoms with van der Waals surface area (Å²) in [5.41, 5.74) is 1.33. The lowest BCUT2D eigenvalue weighted by atomic mass is 10.0. The SMILES string of the molecule is CN(C1CC1)S(=O)(=O)c1ccc(C(=O)Nc2ccc(Cl)cc2C(=O)c2ccccc2)cc1. The van der Waals surface area contributed by atoms with Gasteiger partial charge in [-0.1, -0.05) is 41.9 Å². The summed E-state index contributed by atoms with van der Waals surface area (Å²) in [7, 11) is -2.02. The number of sulfonamides is 1. The highest BCUT2D eigenvalue weighted by molar-refractivity contribution is 7.89. The van der Waals surface area contributed by atoms with Gasteiger partial charge in [-0.15, -0.1) is 0 Å². The van der Waals surface area contributed by atoms with E-state index >= 15 is 0 Å². The average molecular weight is 469 g/mol. The van der Waals surface area contributed by atoms with Gasteiger partial charge in [0.15, 0.2) is 5.78 Å². The Labute approximate surface area is 191 Å². The predicted octanol–water partition coefficient (Wildman–Crippen LogP) is 4.61. The highest BCUT2D eigenvalue weighted by atomic mass is 35.5. The Hall–Kier alpha value is -3.00. The number of hydrogen-bond acceptors (Lipinski definition) is 4. The predicted molar refractivity (Wildman–Crippen MR) is 124 cm³/mol. The van der Waals surface area contributed by atoms with Crippen molar-refractivity contribution in [2.45, 2.75) is 23.8 Å². The Morgan fingerprint density at radius 1 is 0.938 bits per heavy atom. The van der Waals surface area contributed by atoms with Gasteiger partial charge in [-0.3, -0.25) is 9.59 Å². The van der Waals surface area contributed by atoms with Gasteiger partial charge >= 0.3 is 0 Å². The van der Waals surface area contributed by atoms with Crippen LogP contribution < -0.4 is 5.32 Å². The molecule has 164 valence electrons. The molecule has 0 bridgehead atoms. The first-order valence-corrected chi connectivity index (χ1v) is 11.9. The van der Waals surface area contributed by atoms with Crippen molar-refractivity contribution in [3.8, 4) is 0 Å². The minimum Gasteiger partial charge on any atom is -0.321 e. The molecule has 0 radical (unpaired) electrons. The maximum absolute atomic E-state index is 12.9. The molecule has 1 amide bonds. The number of halogens is 1. The first-order valence-electron chi connectivity index (χ1n) is 10.1. The summed E-state index contributed by atoms with van der Waals surface area (Å²) in [5.74, 6) is -0.734. The second-order valence-corrected chi connectivity index (χ2v) is 10.0. The first kappa shape index (κ1) is 22.2. The summed E-state index contributed by atoms with van der Waals surface area (Å²) in [6.07, 6.45) is 1.72. The van der Waals surface area contributed by atoms with Crippen LogP contribution in [0, 0.1) is 0 Å². The molecule has 0 atom stereocenters. The molecule has 1 aliphatic rings. The molecule has 0 heterocycles. The molecule has 6 nitrogen and oxygen atoms in total. The molecule has 8 heteroatoms. The number of carbonyl (C=O) groups is 2. The lowest BCUT2D eigenvalue weighted by Crippen LogP contribution is -2.29. The van der Waals surface area contributed by atoms with Gasteiger partial charge < -0.3 is 5.32 Å². The van der Waals surface area contributed by atoms with E-state index in [4.69, 9.17) is 11.6 Å². The van der Waals surface area contributed by atoms with Crippen molar-refractivity contribution in [3.63, 3.8) is 0 Å². The Kier molecular flexibility index (Phi) is 6.15. The van der Waals surface area contributed by atoms with Crippen molar-refractivity contribution in [1.29, 1.82) is 0 Å². The number of anilines is 1. The van der Waals surface area contributed by atoms with Crippen LogP contribution in [0.25, 0.3) is 0 Å². The van der Waals surface area contributed by atoms with Crippen LogP contribution in [0.5, 0.6) is 0 Å². The molecule has 1 aliphatic carbocycles. The largest absolute Gasteiger partial charge is 0.321 e. The van der Waals surface area contributed by atoms with Crippen LogP contribution in [0.2, 0.25) is 5.02 Å². The van der Waals surface area contributed by atoms with Gasteiger partial charge in [-0.05, 0) is 55.3 Å². The van der Waals surface area contributed by atoms with Crippen LogP contribution >= 0.6 is 11.6 Å². The molecule has 1 N–H and O–H groups in total. The molecule has 32 heavy (non-hydrogen) atoms. The minimum absolute atomic E-state index is 0.0495. The molecule has 3 aromatic carbocycles. The molecular formula is C24H21ClN2O4S. The molecule has 1 saturated carbocycles. The number of hydrogen-bond donors (Lipinski definition) is 1. The minimum atomic E-state index is -3.59. The summed E-state index contributed by atoms with van der Waals surface area (Å²) < 4.78 is 26.7. The third-order valence-electron chi connectivity index (χ3n) is 5.37. The zero-order chi connectivity index (χ0) is 22.9. The van der Waals surface area contributed by atoms with Gasteiger partial charge in [0.2, 0.25) is 10.0 Å². The van der Waals surface area contributed by atoms with E-state index in [-0.39, 0.29) is 27.8 Å². The summed E-state index contributed by atoms with van der Waals surface area (Å²) >= 11 is 6.09. The fourth-order valence-electron chi connectivity index (χ4n) is 3.33. The molecule has 0 unspecified atom stereocenters. The lowest BCUT2D eigenvalue weighted by Gasteiger charge is -2.16. The van der Waals surface area contributed by atoms with Crippen molar-refractivity contribution >= 4 is 39.0 Å². The van der Waals surface area contributed by atoms with Crippen molar-refractivity contribution in [3.05, 3.63) is 94.5 Å². The first-order chi connectivity index (χ1) is 15.3. The van der Waals surface area contributed by atoms with Gasteiger partial charge in [-0.2, -0.15) is 4.31 Å². The monoisotopic (exact) mass is 468 g/mol. The quantitative estimate of drug-likeness (QED) is 0.513. The Balaban J connectivity index is 1.56. The molecular weight excluding hydrogens is 448 g/mol. The third kappa shape index (κ3) is 4.60. The molecule has 0 saturated heterocycles. The van der Waals surface area contributed by atoms with Gasteiger partial charge in [-0.25, -0.2) is 8.42 Å². The molecule has 1 fully saturated rings. The fraction of sp³-hybridized carbons (Fsp3) is 0.167. The van der Waals surface area contributed by atoms with Crippen molar-refractivity contribution < 1.29 is 18.0 Å². The van der Waals surface area contributed by atoms with Crippen molar-refractivity contribution in [1.82, 2.24) is 4.31 Å². The standard InChI is InChI=1S/C24H21ClN2O4S/c1-27(19-10-11-19)32(30,31)20-12-7-17(8-13-20)24(29)26-22-14-9-18(25)15-21(22)23(28)16-5-3-2-4-6-16/h2-9,12-15,19H,10-11H2,1H3,(H,26,29). The number of nitrogens with zero attached hydrogens (tertiary/aromatic N) is 1. The molecule has 0 spiro atoms. The number of amides is 1. The number of benzene rings is 3. The van der Waals surface area contributed by atoms with Gasteiger partial charge in [0.1, 0.15) is 0 Å². The van der Waals surface area contributed by atoms with Crippen LogP contribution in [0.3, 0.4) is 0 Å². The lowest BCUT2D eigenvalue weighted by molar-refractivity contribution is 0.102. The fourth-order valence-corrected chi connectivity index (χ4v) is 4.92. The molecule has 0 aliphatic heterocycles. The number of rotatable bonds is 7. The van der Waals surface area contributed by atoms with E-state index in [0.29, 0.717) is 16.3 Å². The van der Waals surface area contributed by atoms with Gasteiger partial charge in [0, 0.05) is 34.8 Å². The molecule has 3 aromatic rings. The average Bonchev–Trinajstić information content (AvgIpc) is 3.65. The van der Waals surface area contributed by atoms with E-state index in [9.17, 15) is 18.0 Å². The third-order valence-corrected chi connectivity index (χ3v) is 7.52.